The number of rotatable bonds is 8. The summed E-state index contributed by atoms with van der Waals surface area (Å²) in [5.41, 5.74) is -0.294. The molecular weight excluding hydrogens is 438 g/mol. The lowest BCUT2D eigenvalue weighted by atomic mass is 10.3. The van der Waals surface area contributed by atoms with Gasteiger partial charge in [0.15, 0.2) is 0 Å². The van der Waals surface area contributed by atoms with Gasteiger partial charge in [-0.2, -0.15) is 16.8 Å². The van der Waals surface area contributed by atoms with Gasteiger partial charge >= 0.3 is 0 Å². The minimum atomic E-state index is -3.96. The lowest BCUT2D eigenvalue weighted by Crippen LogP contribution is -2.11. The Bertz CT molecular complexity index is 1120. The van der Waals surface area contributed by atoms with Gasteiger partial charge in [-0.1, -0.05) is 30.2 Å². The van der Waals surface area contributed by atoms with Gasteiger partial charge in [-0.3, -0.25) is 18.5 Å². The fourth-order valence-electron chi connectivity index (χ4n) is 1.92. The molecule has 0 N–H and O–H groups in total. The molecule has 10 nitrogen and oxygen atoms in total. The number of hydrogen-bond donors (Lipinski definition) is 0. The molecule has 1 aliphatic rings. The molecule has 12 heteroatoms. The van der Waals surface area contributed by atoms with Crippen molar-refractivity contribution in [2.75, 3.05) is 19.8 Å². The van der Waals surface area contributed by atoms with Crippen LogP contribution < -0.4 is 0 Å². The molecule has 1 atom stereocenters. The van der Waals surface area contributed by atoms with Crippen LogP contribution in [-0.2, 0) is 33.3 Å². The first-order chi connectivity index (χ1) is 14.2. The number of epoxide rings is 1. The van der Waals surface area contributed by atoms with Gasteiger partial charge in [0.05, 0.1) is 23.0 Å². The van der Waals surface area contributed by atoms with Crippen molar-refractivity contribution < 1.29 is 34.9 Å². The summed E-state index contributed by atoms with van der Waals surface area (Å²) in [6.45, 7) is 0.173. The molecule has 0 aromatic heterocycles. The van der Waals surface area contributed by atoms with Crippen molar-refractivity contribution >= 4 is 25.9 Å². The molecule has 0 amide bonds. The molecule has 3 rings (SSSR count). The fraction of sp³-hybridized carbons (Fsp3) is 0.222. The van der Waals surface area contributed by atoms with Crippen molar-refractivity contribution in [2.24, 2.45) is 0 Å². The number of nitro benzene ring substituents is 1. The molecule has 2 aromatic carbocycles. The molecule has 30 heavy (non-hydrogen) atoms. The first-order valence-corrected chi connectivity index (χ1v) is 11.1. The number of hydrogen-bond acceptors (Lipinski definition) is 9. The van der Waals surface area contributed by atoms with Gasteiger partial charge in [0, 0.05) is 12.1 Å². The van der Waals surface area contributed by atoms with Crippen LogP contribution in [0.5, 0.6) is 0 Å². The Kier molecular flexibility index (Phi) is 8.04. The third-order valence-corrected chi connectivity index (χ3v) is 6.01. The van der Waals surface area contributed by atoms with Crippen molar-refractivity contribution in [2.45, 2.75) is 15.9 Å². The zero-order valence-electron chi connectivity index (χ0n) is 15.4. The molecule has 160 valence electrons. The SMILES string of the molecule is C#CCOS(=O)(=O)c1ccccc1.O=[N+]([O-])c1cccc(S(=O)(=O)OCC2CO2)c1. The van der Waals surface area contributed by atoms with Crippen LogP contribution in [-0.4, -0.2) is 47.7 Å². The molecule has 0 saturated carbocycles. The van der Waals surface area contributed by atoms with E-state index in [4.69, 9.17) is 15.3 Å². The number of terminal acetylenes is 1. The second-order valence-corrected chi connectivity index (χ2v) is 8.91. The van der Waals surface area contributed by atoms with Gasteiger partial charge in [0.25, 0.3) is 25.9 Å². The fourth-order valence-corrected chi connectivity index (χ4v) is 3.74. The maximum atomic E-state index is 11.6. The molecule has 0 bridgehead atoms. The van der Waals surface area contributed by atoms with Gasteiger partial charge in [-0.05, 0) is 18.2 Å². The van der Waals surface area contributed by atoms with Gasteiger partial charge in [0.2, 0.25) is 0 Å². The highest BCUT2D eigenvalue weighted by Gasteiger charge is 2.27. The van der Waals surface area contributed by atoms with Crippen LogP contribution in [0.3, 0.4) is 0 Å². The van der Waals surface area contributed by atoms with E-state index in [0.29, 0.717) is 6.61 Å². The summed E-state index contributed by atoms with van der Waals surface area (Å²) in [4.78, 5) is 9.73. The topological polar surface area (TPSA) is 142 Å². The summed E-state index contributed by atoms with van der Waals surface area (Å²) in [7, 11) is -7.62. The number of nitrogens with zero attached hydrogens (tertiary/aromatic N) is 1. The van der Waals surface area contributed by atoms with Crippen LogP contribution in [0.1, 0.15) is 0 Å². The van der Waals surface area contributed by atoms with E-state index in [9.17, 15) is 26.9 Å². The van der Waals surface area contributed by atoms with Crippen LogP contribution in [0.25, 0.3) is 0 Å². The van der Waals surface area contributed by atoms with E-state index in [2.05, 4.69) is 10.1 Å². The zero-order chi connectivity index (χ0) is 22.2. The van der Waals surface area contributed by atoms with Crippen LogP contribution in [0, 0.1) is 22.5 Å². The van der Waals surface area contributed by atoms with Gasteiger partial charge in [-0.15, -0.1) is 6.42 Å². The third-order valence-electron chi connectivity index (χ3n) is 3.46. The van der Waals surface area contributed by atoms with Crippen LogP contribution in [0.4, 0.5) is 5.69 Å². The number of benzene rings is 2. The maximum absolute atomic E-state index is 11.6. The van der Waals surface area contributed by atoms with Crippen molar-refractivity contribution in [3.8, 4) is 12.3 Å². The maximum Gasteiger partial charge on any atom is 0.297 e. The van der Waals surface area contributed by atoms with E-state index in [1.807, 2.05) is 0 Å². The van der Waals surface area contributed by atoms with Gasteiger partial charge in [0.1, 0.15) is 17.6 Å². The Labute approximate surface area is 173 Å². The predicted octanol–water partition coefficient (Wildman–Crippen LogP) is 1.72. The summed E-state index contributed by atoms with van der Waals surface area (Å²) >= 11 is 0. The second kappa shape index (κ2) is 10.3. The highest BCUT2D eigenvalue weighted by molar-refractivity contribution is 7.87. The first kappa shape index (κ1) is 23.5. The number of non-ortho nitro benzene ring substituents is 1. The quantitative estimate of drug-likeness (QED) is 0.191. The number of nitro groups is 1. The molecule has 0 aliphatic carbocycles. The van der Waals surface area contributed by atoms with E-state index >= 15 is 0 Å². The highest BCUT2D eigenvalue weighted by atomic mass is 32.2. The Hall–Kier alpha value is -2.82. The van der Waals surface area contributed by atoms with Crippen LogP contribution in [0.15, 0.2) is 64.4 Å². The minimum Gasteiger partial charge on any atom is -0.371 e. The summed E-state index contributed by atoms with van der Waals surface area (Å²) in [5.74, 6) is 2.09. The number of ether oxygens (including phenoxy) is 1. The molecule has 0 radical (unpaired) electrons. The molecule has 1 aliphatic heterocycles. The first-order valence-electron chi connectivity index (χ1n) is 8.29. The Balaban J connectivity index is 0.000000222. The normalized spacial score (nSPS) is 15.4. The second-order valence-electron chi connectivity index (χ2n) is 5.68. The Morgan fingerprint density at radius 1 is 1.03 bits per heavy atom. The van der Waals surface area contributed by atoms with Crippen molar-refractivity contribution in [3.63, 3.8) is 0 Å². The molecule has 0 spiro atoms. The molecule has 1 unspecified atom stereocenters. The smallest absolute Gasteiger partial charge is 0.297 e. The summed E-state index contributed by atoms with van der Waals surface area (Å²) in [6, 6.07) is 12.6. The van der Waals surface area contributed by atoms with E-state index in [1.165, 1.54) is 30.3 Å². The van der Waals surface area contributed by atoms with Crippen LogP contribution in [0.2, 0.25) is 0 Å². The molecular formula is C18H17NO9S2. The largest absolute Gasteiger partial charge is 0.371 e. The van der Waals surface area contributed by atoms with E-state index < -0.39 is 25.2 Å². The molecule has 1 heterocycles. The predicted molar refractivity (Wildman–Crippen MR) is 104 cm³/mol. The summed E-state index contributed by atoms with van der Waals surface area (Å²) < 4.78 is 59.8. The minimum absolute atomic E-state index is 0.0645. The average molecular weight is 455 g/mol. The Morgan fingerprint density at radius 3 is 2.20 bits per heavy atom. The van der Waals surface area contributed by atoms with Crippen molar-refractivity contribution in [1.82, 2.24) is 0 Å². The van der Waals surface area contributed by atoms with Crippen molar-refractivity contribution in [3.05, 3.63) is 64.7 Å². The lowest BCUT2D eigenvalue weighted by molar-refractivity contribution is -0.385. The average Bonchev–Trinajstić information content (AvgIpc) is 3.57. The van der Waals surface area contributed by atoms with Crippen LogP contribution >= 0.6 is 0 Å². The Morgan fingerprint density at radius 2 is 1.63 bits per heavy atom. The third kappa shape index (κ3) is 7.21. The van der Waals surface area contributed by atoms with E-state index in [1.54, 1.807) is 18.2 Å². The molecule has 1 saturated heterocycles. The summed E-state index contributed by atoms with van der Waals surface area (Å²) in [6.07, 6.45) is 4.68. The molecule has 1 fully saturated rings. The van der Waals surface area contributed by atoms with Gasteiger partial charge in [-0.25, -0.2) is 0 Å². The van der Waals surface area contributed by atoms with E-state index in [0.717, 1.165) is 6.07 Å². The standard InChI is InChI=1S/C9H9NO6S.C9H8O3S/c11-10(12)7-2-1-3-9(4-7)17(13,14)16-6-8-5-15-8;1-2-8-12-13(10,11)9-6-4-3-5-7-9/h1-4,8H,5-6H2;1,3-7H,8H2. The monoisotopic (exact) mass is 455 g/mol. The lowest BCUT2D eigenvalue weighted by Gasteiger charge is -2.03. The zero-order valence-corrected chi connectivity index (χ0v) is 17.0. The van der Waals surface area contributed by atoms with Crippen molar-refractivity contribution in [1.29, 1.82) is 0 Å². The summed E-state index contributed by atoms with van der Waals surface area (Å²) in [5, 5.41) is 10.5. The van der Waals surface area contributed by atoms with Gasteiger partial charge < -0.3 is 4.74 Å². The molecule has 2 aromatic rings. The highest BCUT2D eigenvalue weighted by Crippen LogP contribution is 2.20. The van der Waals surface area contributed by atoms with E-state index in [-0.39, 0.29) is 34.8 Å².